The zero-order chi connectivity index (χ0) is 19.1. The van der Waals surface area contributed by atoms with Crippen molar-refractivity contribution in [2.75, 3.05) is 23.7 Å². The van der Waals surface area contributed by atoms with E-state index in [0.717, 1.165) is 19.6 Å². The van der Waals surface area contributed by atoms with Gasteiger partial charge in [0.15, 0.2) is 0 Å². The lowest BCUT2D eigenvalue weighted by Gasteiger charge is -2.19. The largest absolute Gasteiger partial charge is 0.326 e. The Balaban J connectivity index is 1.59. The van der Waals surface area contributed by atoms with E-state index in [-0.39, 0.29) is 11.8 Å². The first kappa shape index (κ1) is 19.1. The normalized spacial score (nSPS) is 15.0. The molecule has 3 rings (SSSR count). The molecule has 2 N–H and O–H groups in total. The molecule has 1 heterocycles. The van der Waals surface area contributed by atoms with E-state index in [4.69, 9.17) is 0 Å². The van der Waals surface area contributed by atoms with Crippen LogP contribution in [-0.4, -0.2) is 29.8 Å². The molecular formula is C22H27N3O2. The van der Waals surface area contributed by atoms with Crippen LogP contribution in [0.15, 0.2) is 48.5 Å². The zero-order valence-electron chi connectivity index (χ0n) is 15.8. The molecule has 1 aliphatic rings. The van der Waals surface area contributed by atoms with Crippen molar-refractivity contribution in [3.05, 3.63) is 59.7 Å². The quantitative estimate of drug-likeness (QED) is 0.832. The van der Waals surface area contributed by atoms with Crippen LogP contribution in [0.4, 0.5) is 11.4 Å². The molecule has 0 radical (unpaired) electrons. The maximum atomic E-state index is 12.5. The minimum absolute atomic E-state index is 0.140. The molecule has 142 valence electrons. The number of likely N-dealkylation sites (tertiary alicyclic amines) is 1. The highest BCUT2D eigenvalue weighted by Gasteiger charge is 2.11. The molecule has 0 atom stereocenters. The summed E-state index contributed by atoms with van der Waals surface area (Å²) >= 11 is 0. The van der Waals surface area contributed by atoms with Gasteiger partial charge in [-0.3, -0.25) is 14.5 Å². The smallest absolute Gasteiger partial charge is 0.255 e. The molecule has 5 heteroatoms. The third kappa shape index (κ3) is 5.93. The van der Waals surface area contributed by atoms with E-state index >= 15 is 0 Å². The number of carbonyl (C=O) groups excluding carboxylic acids is 2. The molecule has 0 aromatic heterocycles. The summed E-state index contributed by atoms with van der Waals surface area (Å²) in [6.45, 7) is 4.72. The molecule has 1 fully saturated rings. The number of rotatable bonds is 5. The van der Waals surface area contributed by atoms with Gasteiger partial charge >= 0.3 is 0 Å². The van der Waals surface area contributed by atoms with E-state index in [1.54, 1.807) is 24.3 Å². The molecule has 0 aliphatic carbocycles. The second-order valence-electron chi connectivity index (χ2n) is 7.10. The topological polar surface area (TPSA) is 61.4 Å². The molecule has 0 saturated carbocycles. The molecule has 5 nitrogen and oxygen atoms in total. The van der Waals surface area contributed by atoms with E-state index in [9.17, 15) is 9.59 Å². The number of anilines is 2. The van der Waals surface area contributed by atoms with Crippen LogP contribution >= 0.6 is 0 Å². The maximum absolute atomic E-state index is 12.5. The fourth-order valence-corrected chi connectivity index (χ4v) is 3.40. The molecule has 1 saturated heterocycles. The van der Waals surface area contributed by atoms with Crippen molar-refractivity contribution in [2.45, 2.75) is 39.2 Å². The van der Waals surface area contributed by atoms with Gasteiger partial charge in [-0.25, -0.2) is 0 Å². The minimum Gasteiger partial charge on any atom is -0.326 e. The summed E-state index contributed by atoms with van der Waals surface area (Å²) in [6, 6.07) is 14.9. The van der Waals surface area contributed by atoms with Crippen LogP contribution in [0.1, 0.15) is 48.5 Å². The van der Waals surface area contributed by atoms with E-state index in [1.165, 1.54) is 38.2 Å². The molecule has 1 aliphatic heterocycles. The Morgan fingerprint density at radius 3 is 2.15 bits per heavy atom. The molecular weight excluding hydrogens is 338 g/mol. The summed E-state index contributed by atoms with van der Waals surface area (Å²) < 4.78 is 0. The number of hydrogen-bond donors (Lipinski definition) is 2. The number of nitrogens with zero attached hydrogens (tertiary/aromatic N) is 1. The van der Waals surface area contributed by atoms with Gasteiger partial charge in [-0.05, 0) is 61.8 Å². The molecule has 2 aromatic rings. The van der Waals surface area contributed by atoms with Crippen molar-refractivity contribution in [3.63, 3.8) is 0 Å². The van der Waals surface area contributed by atoms with Crippen LogP contribution in [0.3, 0.4) is 0 Å². The Hall–Kier alpha value is -2.66. The Morgan fingerprint density at radius 2 is 1.52 bits per heavy atom. The first-order valence-corrected chi connectivity index (χ1v) is 9.60. The van der Waals surface area contributed by atoms with Gasteiger partial charge in [-0.2, -0.15) is 0 Å². The Bertz CT molecular complexity index is 778. The molecule has 0 bridgehead atoms. The maximum Gasteiger partial charge on any atom is 0.255 e. The lowest BCUT2D eigenvalue weighted by atomic mass is 10.1. The predicted molar refractivity (Wildman–Crippen MR) is 109 cm³/mol. The van der Waals surface area contributed by atoms with E-state index in [2.05, 4.69) is 15.5 Å². The predicted octanol–water partition coefficient (Wildman–Crippen LogP) is 4.27. The summed E-state index contributed by atoms with van der Waals surface area (Å²) in [4.78, 5) is 26.1. The second-order valence-corrected chi connectivity index (χ2v) is 7.10. The van der Waals surface area contributed by atoms with Crippen LogP contribution in [-0.2, 0) is 11.3 Å². The average Bonchev–Trinajstić information content (AvgIpc) is 2.91. The minimum atomic E-state index is -0.156. The third-order valence-corrected chi connectivity index (χ3v) is 4.76. The van der Waals surface area contributed by atoms with Crippen molar-refractivity contribution in [1.29, 1.82) is 0 Å². The summed E-state index contributed by atoms with van der Waals surface area (Å²) in [6.07, 6.45) is 5.22. The van der Waals surface area contributed by atoms with Gasteiger partial charge in [0.2, 0.25) is 5.91 Å². The number of hydrogen-bond acceptors (Lipinski definition) is 3. The van der Waals surface area contributed by atoms with Crippen molar-refractivity contribution in [1.82, 2.24) is 4.90 Å². The lowest BCUT2D eigenvalue weighted by molar-refractivity contribution is -0.114. The van der Waals surface area contributed by atoms with Crippen LogP contribution < -0.4 is 10.6 Å². The molecule has 0 spiro atoms. The first-order chi connectivity index (χ1) is 13.1. The Kier molecular flexibility index (Phi) is 6.60. The van der Waals surface area contributed by atoms with Gasteiger partial charge in [0.05, 0.1) is 0 Å². The summed E-state index contributed by atoms with van der Waals surface area (Å²) in [5.74, 6) is -0.297. The fourth-order valence-electron chi connectivity index (χ4n) is 3.40. The fraction of sp³-hybridized carbons (Fsp3) is 0.364. The van der Waals surface area contributed by atoms with E-state index < -0.39 is 0 Å². The van der Waals surface area contributed by atoms with E-state index in [1.807, 2.05) is 24.3 Å². The Labute approximate surface area is 160 Å². The highest BCUT2D eigenvalue weighted by Crippen LogP contribution is 2.17. The summed E-state index contributed by atoms with van der Waals surface area (Å²) in [5.41, 5.74) is 3.17. The molecule has 2 amide bonds. The highest BCUT2D eigenvalue weighted by molar-refractivity contribution is 6.04. The highest BCUT2D eigenvalue weighted by atomic mass is 16.2. The van der Waals surface area contributed by atoms with Crippen molar-refractivity contribution in [3.8, 4) is 0 Å². The monoisotopic (exact) mass is 365 g/mol. The van der Waals surface area contributed by atoms with Gasteiger partial charge in [0.1, 0.15) is 0 Å². The van der Waals surface area contributed by atoms with Gasteiger partial charge in [0.25, 0.3) is 5.91 Å². The Morgan fingerprint density at radius 1 is 0.889 bits per heavy atom. The average molecular weight is 365 g/mol. The SMILES string of the molecule is CC(=O)Nc1cccc(NC(=O)c2ccc(CN3CCCCCC3)cc2)c1. The van der Waals surface area contributed by atoms with Gasteiger partial charge in [0, 0.05) is 30.4 Å². The van der Waals surface area contributed by atoms with Crippen molar-refractivity contribution >= 4 is 23.2 Å². The van der Waals surface area contributed by atoms with Gasteiger partial charge in [-0.1, -0.05) is 31.0 Å². The van der Waals surface area contributed by atoms with Crippen molar-refractivity contribution in [2.24, 2.45) is 0 Å². The molecule has 27 heavy (non-hydrogen) atoms. The first-order valence-electron chi connectivity index (χ1n) is 9.60. The van der Waals surface area contributed by atoms with E-state index in [0.29, 0.717) is 16.9 Å². The standard InChI is InChI=1S/C22H27N3O2/c1-17(26)23-20-7-6-8-21(15-20)24-22(27)19-11-9-18(10-12-19)16-25-13-4-2-3-5-14-25/h6-12,15H,2-5,13-14,16H2,1H3,(H,23,26)(H,24,27). The van der Waals surface area contributed by atoms with Crippen LogP contribution in [0.2, 0.25) is 0 Å². The number of nitrogens with one attached hydrogen (secondary N) is 2. The van der Waals surface area contributed by atoms with Gasteiger partial charge < -0.3 is 10.6 Å². The summed E-state index contributed by atoms with van der Waals surface area (Å²) in [5, 5.41) is 5.59. The molecule has 2 aromatic carbocycles. The van der Waals surface area contributed by atoms with Gasteiger partial charge in [-0.15, -0.1) is 0 Å². The van der Waals surface area contributed by atoms with Crippen LogP contribution in [0.5, 0.6) is 0 Å². The number of carbonyl (C=O) groups is 2. The zero-order valence-corrected chi connectivity index (χ0v) is 15.8. The van der Waals surface area contributed by atoms with Crippen LogP contribution in [0, 0.1) is 0 Å². The lowest BCUT2D eigenvalue weighted by Crippen LogP contribution is -2.24. The second kappa shape index (κ2) is 9.33. The number of benzene rings is 2. The van der Waals surface area contributed by atoms with Crippen LogP contribution in [0.25, 0.3) is 0 Å². The molecule has 0 unspecified atom stereocenters. The number of amides is 2. The third-order valence-electron chi connectivity index (χ3n) is 4.76. The summed E-state index contributed by atoms with van der Waals surface area (Å²) in [7, 11) is 0. The van der Waals surface area contributed by atoms with Crippen molar-refractivity contribution < 1.29 is 9.59 Å².